The molecule has 0 aromatic heterocycles. The summed E-state index contributed by atoms with van der Waals surface area (Å²) in [5.74, 6) is 2.84. The summed E-state index contributed by atoms with van der Waals surface area (Å²) < 4.78 is 37.3. The van der Waals surface area contributed by atoms with E-state index in [1.54, 1.807) is 14.2 Å². The molecule has 0 aliphatic carbocycles. The highest BCUT2D eigenvalue weighted by atomic mass is 16.6. The molecule has 40 heavy (non-hydrogen) atoms. The smallest absolute Gasteiger partial charge is 0.161 e. The number of ether oxygens (including phenoxy) is 6. The number of rotatable bonds is 10. The first-order chi connectivity index (χ1) is 19.6. The Morgan fingerprint density at radius 1 is 0.625 bits per heavy atom. The van der Waals surface area contributed by atoms with Crippen LogP contribution >= 0.6 is 0 Å². The third-order valence-electron chi connectivity index (χ3n) is 6.95. The third-order valence-corrected chi connectivity index (χ3v) is 6.95. The van der Waals surface area contributed by atoms with Crippen molar-refractivity contribution >= 4 is 0 Å². The van der Waals surface area contributed by atoms with E-state index in [0.717, 1.165) is 44.9 Å². The topological polar surface area (TPSA) is 55.4 Å². The summed E-state index contributed by atoms with van der Waals surface area (Å²) in [5.41, 5.74) is 5.96. The van der Waals surface area contributed by atoms with Crippen molar-refractivity contribution in [3.05, 3.63) is 107 Å². The average molecular weight is 541 g/mol. The molecule has 0 radical (unpaired) electrons. The van der Waals surface area contributed by atoms with Crippen LogP contribution in [0.4, 0.5) is 0 Å². The second-order valence-electron chi connectivity index (χ2n) is 9.97. The first-order valence-corrected chi connectivity index (χ1v) is 13.5. The Kier molecular flexibility index (Phi) is 8.89. The molecule has 0 unspecified atom stereocenters. The van der Waals surface area contributed by atoms with Crippen LogP contribution in [0.5, 0.6) is 23.0 Å². The zero-order valence-corrected chi connectivity index (χ0v) is 23.5. The lowest BCUT2D eigenvalue weighted by Crippen LogP contribution is -2.44. The number of fused-ring (bicyclic) bond motifs is 3. The van der Waals surface area contributed by atoms with Gasteiger partial charge in [0.25, 0.3) is 0 Å². The minimum Gasteiger partial charge on any atom is -0.497 e. The lowest BCUT2D eigenvalue weighted by molar-refractivity contribution is -0.0553. The molecule has 5 rings (SSSR count). The highest BCUT2D eigenvalue weighted by molar-refractivity contribution is 5.85. The molecule has 0 bridgehead atoms. The standard InChI is InChI=1S/C34H36O6/c1-23-15-28(36-4)34-29(16-23)39-31(21-37-19-25-11-7-5-8-12-25)32(22-38-20-26-13-9-6-10-14-26)40-30-18-27(35-3)17-24(2)33(30)34/h5-18,31-32H,19-22H2,1-4H3/t31-,32-/m1/s1. The summed E-state index contributed by atoms with van der Waals surface area (Å²) in [4.78, 5) is 0. The van der Waals surface area contributed by atoms with Crippen molar-refractivity contribution in [2.45, 2.75) is 39.3 Å². The van der Waals surface area contributed by atoms with E-state index in [-0.39, 0.29) is 0 Å². The molecular weight excluding hydrogens is 504 g/mol. The van der Waals surface area contributed by atoms with Gasteiger partial charge in [-0.2, -0.15) is 0 Å². The molecule has 6 nitrogen and oxygen atoms in total. The lowest BCUT2D eigenvalue weighted by atomic mass is 9.95. The van der Waals surface area contributed by atoms with Gasteiger partial charge in [-0.05, 0) is 54.3 Å². The van der Waals surface area contributed by atoms with E-state index in [9.17, 15) is 0 Å². The minimum absolute atomic E-state index is 0.308. The highest BCUT2D eigenvalue weighted by Gasteiger charge is 2.33. The second-order valence-corrected chi connectivity index (χ2v) is 9.97. The van der Waals surface area contributed by atoms with E-state index >= 15 is 0 Å². The first-order valence-electron chi connectivity index (χ1n) is 13.5. The Bertz CT molecular complexity index is 1360. The summed E-state index contributed by atoms with van der Waals surface area (Å²) in [5, 5.41) is 0. The molecule has 0 saturated carbocycles. The highest BCUT2D eigenvalue weighted by Crippen LogP contribution is 2.48. The van der Waals surface area contributed by atoms with E-state index in [2.05, 4.69) is 0 Å². The van der Waals surface area contributed by atoms with Gasteiger partial charge < -0.3 is 28.4 Å². The van der Waals surface area contributed by atoms with Gasteiger partial charge in [-0.15, -0.1) is 0 Å². The number of hydrogen-bond donors (Lipinski definition) is 0. The Hall–Kier alpha value is -4.00. The van der Waals surface area contributed by atoms with Gasteiger partial charge in [-0.25, -0.2) is 0 Å². The number of benzene rings is 4. The van der Waals surface area contributed by atoms with Crippen molar-refractivity contribution in [1.82, 2.24) is 0 Å². The molecule has 208 valence electrons. The Morgan fingerprint density at radius 3 is 1.70 bits per heavy atom. The summed E-state index contributed by atoms with van der Waals surface area (Å²) in [6.07, 6.45) is -0.909. The van der Waals surface area contributed by atoms with Crippen molar-refractivity contribution in [2.24, 2.45) is 0 Å². The van der Waals surface area contributed by atoms with Crippen LogP contribution in [0.3, 0.4) is 0 Å². The second kappa shape index (κ2) is 12.9. The van der Waals surface area contributed by atoms with Gasteiger partial charge in [0.1, 0.15) is 23.0 Å². The molecule has 4 aromatic carbocycles. The molecule has 0 amide bonds. The summed E-state index contributed by atoms with van der Waals surface area (Å²) >= 11 is 0. The van der Waals surface area contributed by atoms with Gasteiger partial charge >= 0.3 is 0 Å². The average Bonchev–Trinajstić information content (AvgIpc) is 2.96. The van der Waals surface area contributed by atoms with E-state index < -0.39 is 12.2 Å². The van der Waals surface area contributed by atoms with Crippen LogP contribution in [0, 0.1) is 13.8 Å². The van der Waals surface area contributed by atoms with Crippen molar-refractivity contribution in [2.75, 3.05) is 27.4 Å². The predicted molar refractivity (Wildman–Crippen MR) is 155 cm³/mol. The maximum Gasteiger partial charge on any atom is 0.161 e. The summed E-state index contributed by atoms with van der Waals surface area (Å²) in [6.45, 7) is 5.61. The van der Waals surface area contributed by atoms with Crippen LogP contribution in [-0.4, -0.2) is 39.6 Å². The van der Waals surface area contributed by atoms with Crippen molar-refractivity contribution in [3.8, 4) is 34.1 Å². The van der Waals surface area contributed by atoms with Gasteiger partial charge in [0.15, 0.2) is 12.2 Å². The first kappa shape index (κ1) is 27.6. The van der Waals surface area contributed by atoms with E-state index in [4.69, 9.17) is 28.4 Å². The van der Waals surface area contributed by atoms with Crippen molar-refractivity contribution < 1.29 is 28.4 Å². The monoisotopic (exact) mass is 540 g/mol. The predicted octanol–water partition coefficient (Wildman–Crippen LogP) is 6.93. The van der Waals surface area contributed by atoms with Crippen molar-refractivity contribution in [1.29, 1.82) is 0 Å². The molecule has 1 heterocycles. The number of aryl methyl sites for hydroxylation is 2. The van der Waals surface area contributed by atoms with Gasteiger partial charge in [0.2, 0.25) is 0 Å². The summed E-state index contributed by atoms with van der Waals surface area (Å²) in [7, 11) is 3.33. The fourth-order valence-electron chi connectivity index (χ4n) is 4.97. The molecule has 1 aliphatic heterocycles. The fourth-order valence-corrected chi connectivity index (χ4v) is 4.97. The van der Waals surface area contributed by atoms with Gasteiger partial charge in [0, 0.05) is 11.6 Å². The van der Waals surface area contributed by atoms with Crippen LogP contribution in [0.2, 0.25) is 0 Å². The molecule has 0 fully saturated rings. The molecule has 0 saturated heterocycles. The Morgan fingerprint density at radius 2 is 1.18 bits per heavy atom. The van der Waals surface area contributed by atoms with Crippen LogP contribution in [0.15, 0.2) is 84.9 Å². The van der Waals surface area contributed by atoms with Crippen LogP contribution in [0.1, 0.15) is 22.3 Å². The van der Waals surface area contributed by atoms with Crippen LogP contribution in [0.25, 0.3) is 11.1 Å². The van der Waals surface area contributed by atoms with E-state index in [1.165, 1.54) is 0 Å². The Balaban J connectivity index is 1.51. The van der Waals surface area contributed by atoms with E-state index in [1.807, 2.05) is 98.8 Å². The molecule has 4 aromatic rings. The number of hydrogen-bond acceptors (Lipinski definition) is 6. The normalized spacial score (nSPS) is 16.0. The van der Waals surface area contributed by atoms with Gasteiger partial charge in [0.05, 0.1) is 46.2 Å². The number of methoxy groups -OCH3 is 2. The Labute approximate surface area is 236 Å². The minimum atomic E-state index is -0.454. The van der Waals surface area contributed by atoms with Crippen LogP contribution in [-0.2, 0) is 22.7 Å². The SMILES string of the molecule is COc1cc(C)c2c(c1)O[C@H](COCc1ccccc1)[C@@H](COCc1ccccc1)Oc1cc(C)cc(OC)c1-2. The molecule has 6 heteroatoms. The van der Waals surface area contributed by atoms with Crippen LogP contribution < -0.4 is 18.9 Å². The zero-order chi connectivity index (χ0) is 27.9. The molecule has 2 atom stereocenters. The summed E-state index contributed by atoms with van der Waals surface area (Å²) in [6, 6.07) is 28.2. The van der Waals surface area contributed by atoms with Gasteiger partial charge in [-0.1, -0.05) is 60.7 Å². The maximum absolute atomic E-state index is 6.74. The molecule has 0 N–H and O–H groups in total. The molecular formula is C34H36O6. The molecule has 0 spiro atoms. The third kappa shape index (κ3) is 6.41. The maximum atomic E-state index is 6.74. The largest absolute Gasteiger partial charge is 0.497 e. The van der Waals surface area contributed by atoms with E-state index in [0.29, 0.717) is 37.9 Å². The molecule has 1 aliphatic rings. The van der Waals surface area contributed by atoms with Gasteiger partial charge in [-0.3, -0.25) is 0 Å². The zero-order valence-electron chi connectivity index (χ0n) is 23.5. The lowest BCUT2D eigenvalue weighted by Gasteiger charge is -2.33. The fraction of sp³-hybridized carbons (Fsp3) is 0.294. The quantitative estimate of drug-likeness (QED) is 0.217. The van der Waals surface area contributed by atoms with Crippen molar-refractivity contribution in [3.63, 3.8) is 0 Å².